The van der Waals surface area contributed by atoms with E-state index < -0.39 is 29.7 Å². The van der Waals surface area contributed by atoms with E-state index in [2.05, 4.69) is 20.6 Å². The lowest BCUT2D eigenvalue weighted by atomic mass is 10.0. The van der Waals surface area contributed by atoms with Gasteiger partial charge in [0, 0.05) is 18.9 Å². The number of fused-ring (bicyclic) bond motifs is 1. The molecule has 1 aliphatic rings. The second kappa shape index (κ2) is 11.1. The van der Waals surface area contributed by atoms with Gasteiger partial charge < -0.3 is 19.9 Å². The summed E-state index contributed by atoms with van der Waals surface area (Å²) in [5.41, 5.74) is 1.00. The summed E-state index contributed by atoms with van der Waals surface area (Å²) in [5.74, 6) is -0.308. The van der Waals surface area contributed by atoms with Gasteiger partial charge in [-0.1, -0.05) is 26.0 Å². The van der Waals surface area contributed by atoms with Gasteiger partial charge in [0.05, 0.1) is 42.1 Å². The van der Waals surface area contributed by atoms with Crippen LogP contribution in [-0.4, -0.2) is 33.0 Å². The molecule has 2 N–H and O–H groups in total. The summed E-state index contributed by atoms with van der Waals surface area (Å²) in [6.45, 7) is 4.69. The van der Waals surface area contributed by atoms with Crippen LogP contribution < -0.4 is 10.6 Å². The zero-order chi connectivity index (χ0) is 26.6. The molecule has 3 heterocycles. The first-order chi connectivity index (χ1) is 17.7. The standard InChI is InChI=1S/C26H28F3N5O3/c1-3-19(16-6-8-17(9-7-16)26(27,28)29)32-25(36)21-14-18(22-15-37-13-12-34(21)22)24(35)33-20(4-2)23-30-10-5-11-31-23/h5-11,14,19-20H,3-4,12-13,15H2,1-2H3,(H,32,36)(H,33,35)/t19-,20-/m1/s1. The molecule has 0 saturated carbocycles. The number of ether oxygens (including phenoxy) is 1. The Morgan fingerprint density at radius 2 is 1.68 bits per heavy atom. The quantitative estimate of drug-likeness (QED) is 0.457. The lowest BCUT2D eigenvalue weighted by Gasteiger charge is -2.22. The molecule has 0 radical (unpaired) electrons. The highest BCUT2D eigenvalue weighted by molar-refractivity contribution is 6.01. The van der Waals surface area contributed by atoms with Crippen molar-refractivity contribution in [3.8, 4) is 0 Å². The van der Waals surface area contributed by atoms with E-state index in [0.717, 1.165) is 12.1 Å². The second-order valence-electron chi connectivity index (χ2n) is 8.69. The summed E-state index contributed by atoms with van der Waals surface area (Å²) in [6, 6.07) is 7.06. The maximum atomic E-state index is 13.3. The van der Waals surface area contributed by atoms with Crippen LogP contribution >= 0.6 is 0 Å². The molecule has 3 aromatic rings. The minimum Gasteiger partial charge on any atom is -0.373 e. The van der Waals surface area contributed by atoms with Crippen molar-refractivity contribution >= 4 is 11.8 Å². The normalized spacial score (nSPS) is 14.9. The van der Waals surface area contributed by atoms with Crippen molar-refractivity contribution < 1.29 is 27.5 Å². The van der Waals surface area contributed by atoms with Crippen molar-refractivity contribution in [3.05, 3.63) is 82.7 Å². The zero-order valence-corrected chi connectivity index (χ0v) is 20.5. The van der Waals surface area contributed by atoms with Crippen LogP contribution in [0.15, 0.2) is 48.8 Å². The molecule has 1 aromatic carbocycles. The molecular formula is C26H28F3N5O3. The largest absolute Gasteiger partial charge is 0.416 e. The molecule has 8 nitrogen and oxygen atoms in total. The van der Waals surface area contributed by atoms with Crippen molar-refractivity contribution in [1.82, 2.24) is 25.2 Å². The highest BCUT2D eigenvalue weighted by Crippen LogP contribution is 2.30. The number of hydrogen-bond donors (Lipinski definition) is 2. The highest BCUT2D eigenvalue weighted by atomic mass is 19.4. The SMILES string of the molecule is CC[C@@H](NC(=O)c1cc(C(=O)N[C@H](CC)c2ncccn2)c2n1CCOC2)c1ccc(C(F)(F)F)cc1. The Kier molecular flexibility index (Phi) is 7.91. The smallest absolute Gasteiger partial charge is 0.373 e. The molecule has 0 saturated heterocycles. The summed E-state index contributed by atoms with van der Waals surface area (Å²) in [5, 5.41) is 5.84. The predicted molar refractivity (Wildman–Crippen MR) is 129 cm³/mol. The van der Waals surface area contributed by atoms with Crippen molar-refractivity contribution in [1.29, 1.82) is 0 Å². The minimum atomic E-state index is -4.43. The Morgan fingerprint density at radius 3 is 2.30 bits per heavy atom. The van der Waals surface area contributed by atoms with E-state index in [1.54, 1.807) is 23.0 Å². The number of nitrogens with zero attached hydrogens (tertiary/aromatic N) is 3. The van der Waals surface area contributed by atoms with E-state index in [1.165, 1.54) is 18.2 Å². The van der Waals surface area contributed by atoms with E-state index in [4.69, 9.17) is 4.74 Å². The fourth-order valence-electron chi connectivity index (χ4n) is 4.34. The topological polar surface area (TPSA) is 98.1 Å². The predicted octanol–water partition coefficient (Wildman–Crippen LogP) is 4.59. The number of rotatable bonds is 8. The summed E-state index contributed by atoms with van der Waals surface area (Å²) >= 11 is 0. The van der Waals surface area contributed by atoms with E-state index >= 15 is 0 Å². The first-order valence-electron chi connectivity index (χ1n) is 12.1. The molecule has 4 rings (SSSR count). The average Bonchev–Trinajstić information content (AvgIpc) is 3.30. The molecule has 1 aliphatic heterocycles. The Morgan fingerprint density at radius 1 is 1.03 bits per heavy atom. The van der Waals surface area contributed by atoms with Crippen molar-refractivity contribution in [2.45, 2.75) is 58.1 Å². The maximum Gasteiger partial charge on any atom is 0.416 e. The molecule has 2 atom stereocenters. The van der Waals surface area contributed by atoms with Gasteiger partial charge >= 0.3 is 6.18 Å². The van der Waals surface area contributed by atoms with Crippen LogP contribution in [0.2, 0.25) is 0 Å². The third kappa shape index (κ3) is 5.82. The fourth-order valence-corrected chi connectivity index (χ4v) is 4.34. The van der Waals surface area contributed by atoms with Gasteiger partial charge in [0.1, 0.15) is 11.5 Å². The van der Waals surface area contributed by atoms with Gasteiger partial charge in [-0.25, -0.2) is 9.97 Å². The molecule has 0 unspecified atom stereocenters. The molecular weight excluding hydrogens is 487 g/mol. The second-order valence-corrected chi connectivity index (χ2v) is 8.69. The van der Waals surface area contributed by atoms with Gasteiger partial charge in [-0.2, -0.15) is 13.2 Å². The minimum absolute atomic E-state index is 0.171. The molecule has 37 heavy (non-hydrogen) atoms. The Balaban J connectivity index is 1.56. The number of halogens is 3. The number of carbonyl (C=O) groups is 2. The lowest BCUT2D eigenvalue weighted by Crippen LogP contribution is -2.31. The Bertz CT molecular complexity index is 1240. The van der Waals surface area contributed by atoms with Gasteiger partial charge in [-0.15, -0.1) is 0 Å². The van der Waals surface area contributed by atoms with E-state index in [-0.39, 0.29) is 18.2 Å². The Labute approximate surface area is 212 Å². The number of aromatic nitrogens is 3. The molecule has 2 amide bonds. The monoisotopic (exact) mass is 515 g/mol. The summed E-state index contributed by atoms with van der Waals surface area (Å²) in [6.07, 6.45) is -0.183. The summed E-state index contributed by atoms with van der Waals surface area (Å²) in [4.78, 5) is 35.0. The van der Waals surface area contributed by atoms with Crippen LogP contribution in [-0.2, 0) is 24.1 Å². The molecule has 0 spiro atoms. The van der Waals surface area contributed by atoms with Crippen LogP contribution in [0.4, 0.5) is 13.2 Å². The van der Waals surface area contributed by atoms with E-state index in [1.807, 2.05) is 13.8 Å². The van der Waals surface area contributed by atoms with Gasteiger partial charge in [-0.05, 0) is 42.7 Å². The molecule has 2 aromatic heterocycles. The maximum absolute atomic E-state index is 13.3. The highest BCUT2D eigenvalue weighted by Gasteiger charge is 2.31. The number of amides is 2. The number of benzene rings is 1. The van der Waals surface area contributed by atoms with Gasteiger partial charge in [0.25, 0.3) is 11.8 Å². The van der Waals surface area contributed by atoms with Crippen molar-refractivity contribution in [2.75, 3.05) is 6.61 Å². The number of alkyl halides is 3. The zero-order valence-electron chi connectivity index (χ0n) is 20.5. The molecule has 196 valence electrons. The molecule has 0 aliphatic carbocycles. The molecule has 0 bridgehead atoms. The average molecular weight is 516 g/mol. The van der Waals surface area contributed by atoms with Gasteiger partial charge in [0.15, 0.2) is 0 Å². The molecule has 11 heteroatoms. The van der Waals surface area contributed by atoms with Crippen LogP contribution in [0.1, 0.15) is 82.3 Å². The van der Waals surface area contributed by atoms with E-state index in [9.17, 15) is 22.8 Å². The number of nitrogens with one attached hydrogen (secondary N) is 2. The lowest BCUT2D eigenvalue weighted by molar-refractivity contribution is -0.137. The van der Waals surface area contributed by atoms with Crippen molar-refractivity contribution in [2.24, 2.45) is 0 Å². The third-order valence-electron chi connectivity index (χ3n) is 6.35. The molecule has 0 fully saturated rings. The summed E-state index contributed by atoms with van der Waals surface area (Å²) in [7, 11) is 0. The Hall–Kier alpha value is -3.73. The van der Waals surface area contributed by atoms with Crippen LogP contribution in [0.25, 0.3) is 0 Å². The number of hydrogen-bond acceptors (Lipinski definition) is 5. The number of carbonyl (C=O) groups excluding carboxylic acids is 2. The third-order valence-corrected chi connectivity index (χ3v) is 6.35. The van der Waals surface area contributed by atoms with Crippen LogP contribution in [0.3, 0.4) is 0 Å². The van der Waals surface area contributed by atoms with E-state index in [0.29, 0.717) is 48.6 Å². The van der Waals surface area contributed by atoms with Crippen LogP contribution in [0.5, 0.6) is 0 Å². The summed E-state index contributed by atoms with van der Waals surface area (Å²) < 4.78 is 46.1. The van der Waals surface area contributed by atoms with Gasteiger partial charge in [0.2, 0.25) is 0 Å². The van der Waals surface area contributed by atoms with Gasteiger partial charge in [-0.3, -0.25) is 9.59 Å². The first kappa shape index (κ1) is 26.3. The fraction of sp³-hybridized carbons (Fsp3) is 0.385. The van der Waals surface area contributed by atoms with Crippen molar-refractivity contribution in [3.63, 3.8) is 0 Å². The van der Waals surface area contributed by atoms with Crippen LogP contribution in [0, 0.1) is 0 Å². The first-order valence-corrected chi connectivity index (χ1v) is 12.1.